The summed E-state index contributed by atoms with van der Waals surface area (Å²) in [5.74, 6) is 1.92. The molecular formula is C25H31N5O3. The van der Waals surface area contributed by atoms with Gasteiger partial charge in [0.2, 0.25) is 11.8 Å². The number of hydrogen-bond donors (Lipinski definition) is 1. The standard InChI is InChI=1S/C25H31N5O3/c1-2-23(31)29-10-7-20-19(14-29)25(33)30-22(26-20)13-21(27-30)16-5-8-28(9-6-16)24(32)18-12-15-3-4-17(18)11-15/h3-4,13,15-18,27H,2,5-12,14H2,1H3/t15-,17+,18-/m1/s1. The summed E-state index contributed by atoms with van der Waals surface area (Å²) < 4.78 is 1.53. The van der Waals surface area contributed by atoms with Crippen LogP contribution < -0.4 is 5.56 Å². The number of piperidine rings is 1. The average molecular weight is 450 g/mol. The first-order chi connectivity index (χ1) is 16.0. The molecule has 0 aromatic carbocycles. The number of allylic oxidation sites excluding steroid dienone is 2. The van der Waals surface area contributed by atoms with Crippen LogP contribution in [0.5, 0.6) is 0 Å². The molecule has 0 radical (unpaired) electrons. The second kappa shape index (κ2) is 7.85. The number of amides is 2. The smallest absolute Gasteiger partial charge is 0.277 e. The highest BCUT2D eigenvalue weighted by molar-refractivity contribution is 5.80. The number of rotatable bonds is 3. The first-order valence-corrected chi connectivity index (χ1v) is 12.4. The monoisotopic (exact) mass is 449 g/mol. The topological polar surface area (TPSA) is 90.8 Å². The molecule has 4 aliphatic rings. The molecule has 2 amide bonds. The van der Waals surface area contributed by atoms with Gasteiger partial charge in [-0.1, -0.05) is 19.1 Å². The van der Waals surface area contributed by atoms with E-state index in [1.54, 1.807) is 4.90 Å². The van der Waals surface area contributed by atoms with Gasteiger partial charge in [0, 0.05) is 56.1 Å². The molecule has 8 heteroatoms. The lowest BCUT2D eigenvalue weighted by atomic mass is 9.89. The molecule has 1 saturated heterocycles. The molecule has 2 bridgehead atoms. The van der Waals surface area contributed by atoms with Gasteiger partial charge in [0.05, 0.1) is 17.8 Å². The maximum absolute atomic E-state index is 13.2. The first-order valence-electron chi connectivity index (χ1n) is 12.4. The van der Waals surface area contributed by atoms with Crippen molar-refractivity contribution in [2.24, 2.45) is 17.8 Å². The van der Waals surface area contributed by atoms with E-state index in [0.717, 1.165) is 50.2 Å². The zero-order valence-electron chi connectivity index (χ0n) is 19.1. The third kappa shape index (κ3) is 3.42. The number of likely N-dealkylation sites (tertiary alicyclic amines) is 1. The molecule has 2 aromatic rings. The van der Waals surface area contributed by atoms with Crippen molar-refractivity contribution in [1.82, 2.24) is 24.4 Å². The lowest BCUT2D eigenvalue weighted by molar-refractivity contribution is -0.137. The number of fused-ring (bicyclic) bond motifs is 4. The Balaban J connectivity index is 1.17. The van der Waals surface area contributed by atoms with Crippen molar-refractivity contribution in [3.05, 3.63) is 45.5 Å². The largest absolute Gasteiger partial charge is 0.342 e. The Labute approximate surface area is 192 Å². The number of aromatic nitrogens is 3. The number of hydrogen-bond acceptors (Lipinski definition) is 4. The van der Waals surface area contributed by atoms with Crippen molar-refractivity contribution < 1.29 is 9.59 Å². The molecule has 1 N–H and O–H groups in total. The molecule has 2 aliphatic carbocycles. The molecule has 2 fully saturated rings. The third-order valence-electron chi connectivity index (χ3n) is 8.28. The third-order valence-corrected chi connectivity index (χ3v) is 8.28. The van der Waals surface area contributed by atoms with Gasteiger partial charge in [0.15, 0.2) is 5.65 Å². The van der Waals surface area contributed by atoms with Crippen LogP contribution in [0, 0.1) is 17.8 Å². The van der Waals surface area contributed by atoms with Gasteiger partial charge in [-0.25, -0.2) is 9.50 Å². The molecule has 2 aliphatic heterocycles. The number of H-pyrrole nitrogens is 1. The lowest BCUT2D eigenvalue weighted by Gasteiger charge is -2.34. The van der Waals surface area contributed by atoms with E-state index in [1.165, 1.54) is 4.52 Å². The molecule has 4 heterocycles. The van der Waals surface area contributed by atoms with Gasteiger partial charge in [-0.2, -0.15) is 0 Å². The Morgan fingerprint density at radius 2 is 1.94 bits per heavy atom. The average Bonchev–Trinajstić information content (AvgIpc) is 3.59. The van der Waals surface area contributed by atoms with Gasteiger partial charge in [0.1, 0.15) is 0 Å². The van der Waals surface area contributed by atoms with Crippen molar-refractivity contribution in [2.75, 3.05) is 19.6 Å². The molecule has 33 heavy (non-hydrogen) atoms. The summed E-state index contributed by atoms with van der Waals surface area (Å²) in [5, 5.41) is 3.29. The summed E-state index contributed by atoms with van der Waals surface area (Å²) in [5.41, 5.74) is 2.99. The van der Waals surface area contributed by atoms with Gasteiger partial charge in [-0.15, -0.1) is 0 Å². The molecular weight excluding hydrogens is 418 g/mol. The fourth-order valence-electron chi connectivity index (χ4n) is 6.36. The van der Waals surface area contributed by atoms with E-state index in [2.05, 4.69) is 22.2 Å². The Kier molecular flexibility index (Phi) is 4.92. The number of carbonyl (C=O) groups is 2. The van der Waals surface area contributed by atoms with Crippen LogP contribution in [0.15, 0.2) is 23.0 Å². The van der Waals surface area contributed by atoms with Crippen molar-refractivity contribution in [1.29, 1.82) is 0 Å². The maximum atomic E-state index is 13.2. The number of aromatic amines is 1. The fraction of sp³-hybridized carbons (Fsp3) is 0.600. The van der Waals surface area contributed by atoms with Crippen LogP contribution in [0.3, 0.4) is 0 Å². The van der Waals surface area contributed by atoms with E-state index in [9.17, 15) is 14.4 Å². The summed E-state index contributed by atoms with van der Waals surface area (Å²) in [4.78, 5) is 46.9. The molecule has 0 spiro atoms. The number of nitrogens with one attached hydrogen (secondary N) is 1. The van der Waals surface area contributed by atoms with Gasteiger partial charge in [0.25, 0.3) is 5.56 Å². The SMILES string of the molecule is CCC(=O)N1CCc2nc3cc(C4CCN(C(=O)[C@@H]5C[C@@H]6C=C[C@H]5C6)CC4)[nH]n3c(=O)c2C1. The normalized spacial score (nSPS) is 26.9. The van der Waals surface area contributed by atoms with Crippen molar-refractivity contribution in [3.8, 4) is 0 Å². The maximum Gasteiger partial charge on any atom is 0.277 e. The minimum atomic E-state index is -0.105. The Morgan fingerprint density at radius 3 is 2.64 bits per heavy atom. The molecule has 0 unspecified atom stereocenters. The molecule has 6 rings (SSSR count). The highest BCUT2D eigenvalue weighted by Crippen LogP contribution is 2.44. The summed E-state index contributed by atoms with van der Waals surface area (Å²) in [7, 11) is 0. The van der Waals surface area contributed by atoms with Crippen LogP contribution in [0.4, 0.5) is 0 Å². The van der Waals surface area contributed by atoms with Gasteiger partial charge in [-0.3, -0.25) is 19.5 Å². The van der Waals surface area contributed by atoms with Crippen LogP contribution in [-0.4, -0.2) is 55.8 Å². The summed E-state index contributed by atoms with van der Waals surface area (Å²) in [6, 6.07) is 1.99. The lowest BCUT2D eigenvalue weighted by Crippen LogP contribution is -2.42. The predicted octanol–water partition coefficient (Wildman–Crippen LogP) is 2.24. The molecule has 1 saturated carbocycles. The van der Waals surface area contributed by atoms with E-state index in [-0.39, 0.29) is 23.3 Å². The van der Waals surface area contributed by atoms with E-state index in [0.29, 0.717) is 54.9 Å². The van der Waals surface area contributed by atoms with E-state index in [4.69, 9.17) is 4.98 Å². The first kappa shape index (κ1) is 20.7. The zero-order chi connectivity index (χ0) is 22.7. The Hall–Kier alpha value is -2.90. The van der Waals surface area contributed by atoms with Gasteiger partial charge >= 0.3 is 0 Å². The molecule has 8 nitrogen and oxygen atoms in total. The van der Waals surface area contributed by atoms with E-state index < -0.39 is 0 Å². The quantitative estimate of drug-likeness (QED) is 0.728. The van der Waals surface area contributed by atoms with Crippen molar-refractivity contribution in [3.63, 3.8) is 0 Å². The van der Waals surface area contributed by atoms with Crippen LogP contribution in [-0.2, 0) is 22.6 Å². The van der Waals surface area contributed by atoms with Gasteiger partial charge in [-0.05, 0) is 37.5 Å². The van der Waals surface area contributed by atoms with Crippen LogP contribution >= 0.6 is 0 Å². The van der Waals surface area contributed by atoms with Crippen LogP contribution in [0.2, 0.25) is 0 Å². The van der Waals surface area contributed by atoms with Crippen molar-refractivity contribution in [2.45, 2.75) is 57.9 Å². The zero-order valence-corrected chi connectivity index (χ0v) is 19.1. The number of nitrogens with zero attached hydrogens (tertiary/aromatic N) is 4. The van der Waals surface area contributed by atoms with Crippen LogP contribution in [0.25, 0.3) is 5.65 Å². The molecule has 174 valence electrons. The second-order valence-electron chi connectivity index (χ2n) is 10.2. The Bertz CT molecular complexity index is 1200. The highest BCUT2D eigenvalue weighted by Gasteiger charge is 2.42. The predicted molar refractivity (Wildman–Crippen MR) is 123 cm³/mol. The summed E-state index contributed by atoms with van der Waals surface area (Å²) >= 11 is 0. The number of carbonyl (C=O) groups excluding carboxylic acids is 2. The summed E-state index contributed by atoms with van der Waals surface area (Å²) in [6.45, 7) is 4.33. The van der Waals surface area contributed by atoms with Crippen LogP contribution in [0.1, 0.15) is 61.9 Å². The molecule has 2 aromatic heterocycles. The minimum absolute atomic E-state index is 0.0695. The van der Waals surface area contributed by atoms with Crippen molar-refractivity contribution >= 4 is 17.5 Å². The Morgan fingerprint density at radius 1 is 1.12 bits per heavy atom. The van der Waals surface area contributed by atoms with E-state index >= 15 is 0 Å². The fourth-order valence-corrected chi connectivity index (χ4v) is 6.36. The van der Waals surface area contributed by atoms with Gasteiger partial charge < -0.3 is 9.80 Å². The van der Waals surface area contributed by atoms with E-state index in [1.807, 2.05) is 13.0 Å². The molecule has 3 atom stereocenters. The highest BCUT2D eigenvalue weighted by atomic mass is 16.2. The minimum Gasteiger partial charge on any atom is -0.342 e. The second-order valence-corrected chi connectivity index (χ2v) is 10.2. The summed E-state index contributed by atoms with van der Waals surface area (Å²) in [6.07, 6.45) is 9.54.